The van der Waals surface area contributed by atoms with Gasteiger partial charge in [0.1, 0.15) is 12.1 Å². The first kappa shape index (κ1) is 15.7. The SMILES string of the molecule is CC(C)C[C@@H](C(=O)O)N(C=C=O)OC(C)(C)C. The van der Waals surface area contributed by atoms with E-state index in [-0.39, 0.29) is 5.92 Å². The van der Waals surface area contributed by atoms with Crippen LogP contribution in [0.4, 0.5) is 0 Å². The van der Waals surface area contributed by atoms with Crippen molar-refractivity contribution >= 4 is 11.9 Å². The molecule has 0 aliphatic rings. The minimum Gasteiger partial charge on any atom is -0.480 e. The highest BCUT2D eigenvalue weighted by atomic mass is 16.7. The van der Waals surface area contributed by atoms with Crippen molar-refractivity contribution in [1.29, 1.82) is 0 Å². The summed E-state index contributed by atoms with van der Waals surface area (Å²) in [6.45, 7) is 9.18. The summed E-state index contributed by atoms with van der Waals surface area (Å²) in [4.78, 5) is 27.0. The van der Waals surface area contributed by atoms with Crippen LogP contribution >= 0.6 is 0 Å². The van der Waals surface area contributed by atoms with Crippen LogP contribution in [-0.2, 0) is 14.4 Å². The van der Waals surface area contributed by atoms with Gasteiger partial charge >= 0.3 is 5.97 Å². The van der Waals surface area contributed by atoms with Crippen LogP contribution in [0.5, 0.6) is 0 Å². The summed E-state index contributed by atoms with van der Waals surface area (Å²) >= 11 is 0. The van der Waals surface area contributed by atoms with Gasteiger partial charge < -0.3 is 5.11 Å². The highest BCUT2D eigenvalue weighted by Gasteiger charge is 2.29. The molecule has 1 atom stereocenters. The van der Waals surface area contributed by atoms with Gasteiger partial charge in [0.05, 0.1) is 5.60 Å². The van der Waals surface area contributed by atoms with Gasteiger partial charge in [-0.25, -0.2) is 14.7 Å². The molecule has 0 aromatic carbocycles. The zero-order chi connectivity index (χ0) is 13.6. The normalized spacial score (nSPS) is 13.1. The second-order valence-electron chi connectivity index (χ2n) is 5.29. The Bertz CT molecular complexity index is 300. The number of carbonyl (C=O) groups excluding carboxylic acids is 1. The standard InChI is InChI=1S/C12H21NO4/c1-9(2)8-10(11(15)16)13(6-7-14)17-12(3,4)5/h6,9-10H,8H2,1-5H3,(H,15,16)/t10-/m0/s1. The molecule has 0 amide bonds. The minimum atomic E-state index is -1.02. The molecule has 0 aromatic heterocycles. The molecule has 0 aromatic rings. The molecule has 0 spiro atoms. The van der Waals surface area contributed by atoms with E-state index in [1.54, 1.807) is 26.7 Å². The maximum atomic E-state index is 11.2. The predicted octanol–water partition coefficient (Wildman–Crippen LogP) is 1.86. The summed E-state index contributed by atoms with van der Waals surface area (Å²) in [6.07, 6.45) is 1.38. The molecule has 0 bridgehead atoms. The quantitative estimate of drug-likeness (QED) is 0.569. The van der Waals surface area contributed by atoms with Gasteiger partial charge in [-0.15, -0.1) is 0 Å². The smallest absolute Gasteiger partial charge is 0.328 e. The Morgan fingerprint density at radius 3 is 2.29 bits per heavy atom. The lowest BCUT2D eigenvalue weighted by molar-refractivity contribution is -0.224. The third kappa shape index (κ3) is 6.76. The zero-order valence-corrected chi connectivity index (χ0v) is 11.1. The number of hydrogen-bond acceptors (Lipinski definition) is 4. The third-order valence-corrected chi connectivity index (χ3v) is 1.85. The van der Waals surface area contributed by atoms with E-state index in [1.807, 2.05) is 13.8 Å². The van der Waals surface area contributed by atoms with E-state index >= 15 is 0 Å². The van der Waals surface area contributed by atoms with Crippen molar-refractivity contribution in [3.05, 3.63) is 6.20 Å². The maximum Gasteiger partial charge on any atom is 0.328 e. The molecule has 0 aliphatic heterocycles. The molecule has 98 valence electrons. The summed E-state index contributed by atoms with van der Waals surface area (Å²) in [7, 11) is 0. The predicted molar refractivity (Wildman–Crippen MR) is 63.8 cm³/mol. The van der Waals surface area contributed by atoms with Gasteiger partial charge in [0.2, 0.25) is 0 Å². The summed E-state index contributed by atoms with van der Waals surface area (Å²) in [5.41, 5.74) is -0.571. The second kappa shape index (κ2) is 6.42. The van der Waals surface area contributed by atoms with Crippen LogP contribution in [0, 0.1) is 5.92 Å². The number of aliphatic carboxylic acids is 1. The highest BCUT2D eigenvalue weighted by molar-refractivity contribution is 5.73. The monoisotopic (exact) mass is 243 g/mol. The Labute approximate surface area is 102 Å². The molecule has 5 nitrogen and oxygen atoms in total. The number of rotatable bonds is 6. The van der Waals surface area contributed by atoms with Crippen molar-refractivity contribution in [3.8, 4) is 0 Å². The van der Waals surface area contributed by atoms with E-state index in [4.69, 9.17) is 9.94 Å². The van der Waals surface area contributed by atoms with Gasteiger partial charge in [-0.05, 0) is 33.1 Å². The first-order valence-electron chi connectivity index (χ1n) is 5.58. The molecule has 0 radical (unpaired) electrons. The molecule has 0 saturated heterocycles. The van der Waals surface area contributed by atoms with Crippen LogP contribution in [0.25, 0.3) is 0 Å². The van der Waals surface area contributed by atoms with Crippen LogP contribution < -0.4 is 0 Å². The van der Waals surface area contributed by atoms with Crippen molar-refractivity contribution in [3.63, 3.8) is 0 Å². The lowest BCUT2D eigenvalue weighted by Crippen LogP contribution is -2.43. The Hall–Kier alpha value is -1.32. The van der Waals surface area contributed by atoms with Gasteiger partial charge in [-0.2, -0.15) is 0 Å². The van der Waals surface area contributed by atoms with Gasteiger partial charge in [0, 0.05) is 0 Å². The lowest BCUT2D eigenvalue weighted by Gasteiger charge is -2.32. The summed E-state index contributed by atoms with van der Waals surface area (Å²) in [6, 6.07) is -0.879. The van der Waals surface area contributed by atoms with Crippen LogP contribution in [0.3, 0.4) is 0 Å². The van der Waals surface area contributed by atoms with E-state index in [2.05, 4.69) is 0 Å². The Kier molecular flexibility index (Phi) is 5.93. The Balaban J connectivity index is 4.96. The number of nitrogens with zero attached hydrogens (tertiary/aromatic N) is 1. The fourth-order valence-electron chi connectivity index (χ4n) is 1.31. The Morgan fingerprint density at radius 2 is 2.00 bits per heavy atom. The average Bonchev–Trinajstić information content (AvgIpc) is 2.10. The second-order valence-corrected chi connectivity index (χ2v) is 5.29. The van der Waals surface area contributed by atoms with E-state index in [1.165, 1.54) is 0 Å². The van der Waals surface area contributed by atoms with Crippen molar-refractivity contribution in [2.45, 2.75) is 52.7 Å². The maximum absolute atomic E-state index is 11.2. The average molecular weight is 243 g/mol. The molecule has 17 heavy (non-hydrogen) atoms. The van der Waals surface area contributed by atoms with Crippen molar-refractivity contribution in [2.24, 2.45) is 5.92 Å². The Morgan fingerprint density at radius 1 is 1.47 bits per heavy atom. The zero-order valence-electron chi connectivity index (χ0n) is 11.1. The van der Waals surface area contributed by atoms with Crippen LogP contribution in [0.1, 0.15) is 41.0 Å². The van der Waals surface area contributed by atoms with Gasteiger partial charge in [-0.3, -0.25) is 4.84 Å². The van der Waals surface area contributed by atoms with Crippen molar-refractivity contribution in [2.75, 3.05) is 0 Å². The molecule has 5 heteroatoms. The first-order valence-corrected chi connectivity index (χ1v) is 5.58. The van der Waals surface area contributed by atoms with E-state index in [9.17, 15) is 9.59 Å². The molecule has 0 rings (SSSR count). The van der Waals surface area contributed by atoms with Gasteiger partial charge in [0.25, 0.3) is 0 Å². The number of carboxylic acid groups (broad SMARTS) is 1. The molecule has 0 fully saturated rings. The highest BCUT2D eigenvalue weighted by Crippen LogP contribution is 2.18. The lowest BCUT2D eigenvalue weighted by atomic mass is 10.0. The van der Waals surface area contributed by atoms with Crippen LogP contribution in [-0.4, -0.2) is 33.7 Å². The molecule has 0 aliphatic carbocycles. The van der Waals surface area contributed by atoms with Gasteiger partial charge in [0.15, 0.2) is 6.04 Å². The fraction of sp³-hybridized carbons (Fsp3) is 0.750. The number of hydrogen-bond donors (Lipinski definition) is 1. The van der Waals surface area contributed by atoms with E-state index in [0.717, 1.165) is 11.3 Å². The molecule has 1 N–H and O–H groups in total. The molecule has 0 heterocycles. The van der Waals surface area contributed by atoms with Crippen molar-refractivity contribution < 1.29 is 19.5 Å². The minimum absolute atomic E-state index is 0.183. The largest absolute Gasteiger partial charge is 0.480 e. The molecular formula is C12H21NO4. The van der Waals surface area contributed by atoms with Gasteiger partial charge in [-0.1, -0.05) is 13.8 Å². The fourth-order valence-corrected chi connectivity index (χ4v) is 1.31. The number of carboxylic acids is 1. The summed E-state index contributed by atoms with van der Waals surface area (Å²) < 4.78 is 0. The summed E-state index contributed by atoms with van der Waals surface area (Å²) in [5.74, 6) is 0.725. The summed E-state index contributed by atoms with van der Waals surface area (Å²) in [5, 5.41) is 10.2. The third-order valence-electron chi connectivity index (χ3n) is 1.85. The number of carbonyl (C=O) groups is 1. The molecular weight excluding hydrogens is 222 g/mol. The number of hydroxylamine groups is 2. The van der Waals surface area contributed by atoms with Crippen LogP contribution in [0.2, 0.25) is 0 Å². The van der Waals surface area contributed by atoms with Crippen LogP contribution in [0.15, 0.2) is 6.20 Å². The molecule has 0 unspecified atom stereocenters. The molecule has 0 saturated carbocycles. The topological polar surface area (TPSA) is 66.8 Å². The van der Waals surface area contributed by atoms with E-state index in [0.29, 0.717) is 6.42 Å². The van der Waals surface area contributed by atoms with E-state index < -0.39 is 17.6 Å². The first-order chi connectivity index (χ1) is 7.67. The van der Waals surface area contributed by atoms with Crippen molar-refractivity contribution in [1.82, 2.24) is 5.06 Å².